The van der Waals surface area contributed by atoms with E-state index in [2.05, 4.69) is 20.9 Å². The summed E-state index contributed by atoms with van der Waals surface area (Å²) in [4.78, 5) is 17.8. The smallest absolute Gasteiger partial charge is 0.290 e. The van der Waals surface area contributed by atoms with E-state index in [4.69, 9.17) is 0 Å². The molecule has 0 unspecified atom stereocenters. The fourth-order valence-corrected chi connectivity index (χ4v) is 2.71. The first-order chi connectivity index (χ1) is 10.5. The molecular weight excluding hydrogens is 374 g/mol. The van der Waals surface area contributed by atoms with E-state index in [-0.39, 0.29) is 28.3 Å². The van der Waals surface area contributed by atoms with E-state index in [1.165, 1.54) is 17.2 Å². The molecule has 0 saturated carbocycles. The highest BCUT2D eigenvalue weighted by Crippen LogP contribution is 2.27. The highest BCUT2D eigenvalue weighted by atomic mass is 79.9. The average Bonchev–Trinajstić information content (AvgIpc) is 2.49. The second kappa shape index (κ2) is 7.69. The van der Waals surface area contributed by atoms with Gasteiger partial charge in [-0.05, 0) is 41.6 Å². The molecule has 0 atom stereocenters. The van der Waals surface area contributed by atoms with Gasteiger partial charge in [0, 0.05) is 24.3 Å². The maximum absolute atomic E-state index is 12.5. The topological polar surface area (TPSA) is 33.2 Å². The zero-order valence-corrected chi connectivity index (χ0v) is 14.1. The lowest BCUT2D eigenvalue weighted by molar-refractivity contribution is 0.0781. The lowest BCUT2D eigenvalue weighted by Crippen LogP contribution is -2.27. The molecule has 0 radical (unpaired) electrons. The summed E-state index contributed by atoms with van der Waals surface area (Å²) in [7, 11) is 1.63. The van der Waals surface area contributed by atoms with Gasteiger partial charge in [-0.3, -0.25) is 4.79 Å². The summed E-state index contributed by atoms with van der Waals surface area (Å²) in [5.74, 6) is -2.95. The van der Waals surface area contributed by atoms with Crippen LogP contribution in [-0.4, -0.2) is 28.6 Å². The molecule has 0 N–H and O–H groups in total. The Morgan fingerprint density at radius 2 is 2.00 bits per heavy atom. The van der Waals surface area contributed by atoms with Crippen LogP contribution in [0.15, 0.2) is 52.1 Å². The Morgan fingerprint density at radius 3 is 2.64 bits per heavy atom. The van der Waals surface area contributed by atoms with Gasteiger partial charge in [-0.2, -0.15) is 8.78 Å². The molecule has 1 aromatic carbocycles. The Balaban J connectivity index is 2.15. The number of hydrogen-bond donors (Lipinski definition) is 0. The Morgan fingerprint density at radius 1 is 1.32 bits per heavy atom. The molecule has 0 spiro atoms. The minimum atomic E-state index is -2.61. The number of pyridine rings is 1. The molecule has 7 heteroatoms. The van der Waals surface area contributed by atoms with Crippen LogP contribution < -0.4 is 0 Å². The van der Waals surface area contributed by atoms with Gasteiger partial charge in [0.15, 0.2) is 0 Å². The van der Waals surface area contributed by atoms with Crippen LogP contribution in [0.3, 0.4) is 0 Å². The van der Waals surface area contributed by atoms with Crippen LogP contribution in [0, 0.1) is 0 Å². The normalized spacial score (nSPS) is 10.8. The van der Waals surface area contributed by atoms with E-state index in [0.29, 0.717) is 6.54 Å². The molecular formula is C15H13BrF2N2OS. The molecule has 2 rings (SSSR count). The number of benzene rings is 1. The second-order valence-electron chi connectivity index (χ2n) is 4.52. The van der Waals surface area contributed by atoms with Gasteiger partial charge >= 0.3 is 0 Å². The van der Waals surface area contributed by atoms with Crippen molar-refractivity contribution in [3.8, 4) is 0 Å². The van der Waals surface area contributed by atoms with Gasteiger partial charge in [0.05, 0.1) is 5.56 Å². The van der Waals surface area contributed by atoms with Crippen LogP contribution in [0.1, 0.15) is 15.9 Å². The summed E-state index contributed by atoms with van der Waals surface area (Å²) in [6.07, 6.45) is 1.40. The summed E-state index contributed by atoms with van der Waals surface area (Å²) in [6.45, 7) is 0.389. The Labute approximate surface area is 139 Å². The molecule has 0 aliphatic rings. The van der Waals surface area contributed by atoms with E-state index < -0.39 is 5.76 Å². The highest BCUT2D eigenvalue weighted by molar-refractivity contribution is 9.10. The van der Waals surface area contributed by atoms with Crippen molar-refractivity contribution in [1.82, 2.24) is 9.88 Å². The van der Waals surface area contributed by atoms with Gasteiger partial charge in [0.1, 0.15) is 5.03 Å². The minimum absolute atomic E-state index is 0.0464. The van der Waals surface area contributed by atoms with E-state index in [1.54, 1.807) is 13.1 Å². The third kappa shape index (κ3) is 4.51. The average molecular weight is 387 g/mol. The standard InChI is InChI=1S/C15H13BrF2N2OS/c1-20(9-10-4-6-11(16)7-5-10)14(21)12-3-2-8-19-13(12)22-15(17)18/h2-8,15H,9H2,1H3. The minimum Gasteiger partial charge on any atom is -0.337 e. The predicted octanol–water partition coefficient (Wildman–Crippen LogP) is 4.43. The van der Waals surface area contributed by atoms with E-state index in [1.807, 2.05) is 24.3 Å². The van der Waals surface area contributed by atoms with Crippen molar-refractivity contribution in [1.29, 1.82) is 0 Å². The Hall–Kier alpha value is -1.47. The predicted molar refractivity (Wildman–Crippen MR) is 86.0 cm³/mol. The molecule has 22 heavy (non-hydrogen) atoms. The van der Waals surface area contributed by atoms with Crippen molar-refractivity contribution < 1.29 is 13.6 Å². The molecule has 1 aromatic heterocycles. The van der Waals surface area contributed by atoms with Crippen LogP contribution in [0.5, 0.6) is 0 Å². The maximum Gasteiger partial charge on any atom is 0.290 e. The van der Waals surface area contributed by atoms with Gasteiger partial charge in [-0.1, -0.05) is 28.1 Å². The van der Waals surface area contributed by atoms with Crippen molar-refractivity contribution in [2.75, 3.05) is 7.05 Å². The summed E-state index contributed by atoms with van der Waals surface area (Å²) in [5.41, 5.74) is 1.14. The quantitative estimate of drug-likeness (QED) is 0.712. The first-order valence-corrected chi connectivity index (χ1v) is 8.04. The largest absolute Gasteiger partial charge is 0.337 e. The summed E-state index contributed by atoms with van der Waals surface area (Å²) in [6, 6.07) is 10.6. The molecule has 3 nitrogen and oxygen atoms in total. The van der Waals surface area contributed by atoms with Gasteiger partial charge < -0.3 is 4.90 Å². The third-order valence-electron chi connectivity index (χ3n) is 2.88. The van der Waals surface area contributed by atoms with Crippen LogP contribution in [0.25, 0.3) is 0 Å². The van der Waals surface area contributed by atoms with E-state index in [9.17, 15) is 13.6 Å². The van der Waals surface area contributed by atoms with Gasteiger partial charge in [-0.15, -0.1) is 0 Å². The Bertz CT molecular complexity index is 652. The SMILES string of the molecule is CN(Cc1ccc(Br)cc1)C(=O)c1cccnc1SC(F)F. The second-order valence-corrected chi connectivity index (χ2v) is 6.42. The zero-order valence-electron chi connectivity index (χ0n) is 11.7. The van der Waals surface area contributed by atoms with Gasteiger partial charge in [0.2, 0.25) is 0 Å². The molecule has 1 heterocycles. The third-order valence-corrected chi connectivity index (χ3v) is 4.14. The number of carbonyl (C=O) groups is 1. The number of amides is 1. The number of aromatic nitrogens is 1. The maximum atomic E-state index is 12.5. The number of thioether (sulfide) groups is 1. The summed E-state index contributed by atoms with van der Waals surface area (Å²) in [5, 5.41) is 0.0464. The van der Waals surface area contributed by atoms with Gasteiger partial charge in [0.25, 0.3) is 11.7 Å². The first-order valence-electron chi connectivity index (χ1n) is 6.37. The zero-order chi connectivity index (χ0) is 16.1. The summed E-state index contributed by atoms with van der Waals surface area (Å²) >= 11 is 3.63. The highest BCUT2D eigenvalue weighted by Gasteiger charge is 2.19. The molecule has 0 fully saturated rings. The van der Waals surface area contributed by atoms with Crippen LogP contribution in [-0.2, 0) is 6.54 Å². The molecule has 2 aromatic rings. The number of alkyl halides is 2. The fourth-order valence-electron chi connectivity index (χ4n) is 1.87. The lowest BCUT2D eigenvalue weighted by Gasteiger charge is -2.18. The van der Waals surface area contributed by atoms with Crippen LogP contribution in [0.2, 0.25) is 0 Å². The molecule has 0 aliphatic heterocycles. The number of nitrogens with zero attached hydrogens (tertiary/aromatic N) is 2. The van der Waals surface area contributed by atoms with Gasteiger partial charge in [-0.25, -0.2) is 4.98 Å². The molecule has 0 aliphatic carbocycles. The Kier molecular flexibility index (Phi) is 5.90. The van der Waals surface area contributed by atoms with Crippen molar-refractivity contribution in [3.05, 3.63) is 58.2 Å². The van der Waals surface area contributed by atoms with Crippen molar-refractivity contribution in [2.45, 2.75) is 17.3 Å². The number of rotatable bonds is 5. The van der Waals surface area contributed by atoms with E-state index >= 15 is 0 Å². The monoisotopic (exact) mass is 386 g/mol. The van der Waals surface area contributed by atoms with E-state index in [0.717, 1.165) is 10.0 Å². The van der Waals surface area contributed by atoms with Crippen LogP contribution in [0.4, 0.5) is 8.78 Å². The number of hydrogen-bond acceptors (Lipinski definition) is 3. The summed E-state index contributed by atoms with van der Waals surface area (Å²) < 4.78 is 26.0. The molecule has 116 valence electrons. The van der Waals surface area contributed by atoms with Crippen molar-refractivity contribution in [3.63, 3.8) is 0 Å². The van der Waals surface area contributed by atoms with Crippen LogP contribution >= 0.6 is 27.7 Å². The number of halogens is 3. The molecule has 1 amide bonds. The lowest BCUT2D eigenvalue weighted by atomic mass is 10.2. The fraction of sp³-hybridized carbons (Fsp3) is 0.200. The number of carbonyl (C=O) groups excluding carboxylic acids is 1. The van der Waals surface area contributed by atoms with Crippen molar-refractivity contribution in [2.24, 2.45) is 0 Å². The first kappa shape index (κ1) is 16.9. The molecule has 0 saturated heterocycles. The van der Waals surface area contributed by atoms with Crippen molar-refractivity contribution >= 4 is 33.6 Å². The molecule has 0 bridgehead atoms.